The Morgan fingerprint density at radius 3 is 2.52 bits per heavy atom. The molecule has 0 radical (unpaired) electrons. The molecule has 2 aromatic carbocycles. The molecule has 0 spiro atoms. The number of nitrogens with zero attached hydrogens (tertiary/aromatic N) is 1. The van der Waals surface area contributed by atoms with Crippen LogP contribution in [0.1, 0.15) is 18.1 Å². The van der Waals surface area contributed by atoms with Gasteiger partial charge in [-0.1, -0.05) is 34.1 Å². The molecule has 4 nitrogen and oxygen atoms in total. The van der Waals surface area contributed by atoms with Gasteiger partial charge in [0.2, 0.25) is 0 Å². The average Bonchev–Trinajstić information content (AvgIpc) is 2.43. The molecule has 2 rings (SSSR count). The molecule has 0 aliphatic carbocycles. The lowest BCUT2D eigenvalue weighted by atomic mass is 10.1. The van der Waals surface area contributed by atoms with Crippen molar-refractivity contribution in [2.75, 3.05) is 5.32 Å². The molecule has 0 aromatic heterocycles. The largest absolute Gasteiger partial charge is 0.382 e. The second kappa shape index (κ2) is 6.72. The van der Waals surface area contributed by atoms with Gasteiger partial charge >= 0.3 is 0 Å². The van der Waals surface area contributed by atoms with E-state index in [9.17, 15) is 10.1 Å². The normalized spacial score (nSPS) is 12.0. The van der Waals surface area contributed by atoms with Gasteiger partial charge in [-0.15, -0.1) is 0 Å². The van der Waals surface area contributed by atoms with Crippen molar-refractivity contribution in [2.24, 2.45) is 0 Å². The first-order valence-electron chi connectivity index (χ1n) is 6.72. The van der Waals surface area contributed by atoms with Gasteiger partial charge in [0.25, 0.3) is 5.69 Å². The van der Waals surface area contributed by atoms with Crippen LogP contribution >= 0.6 is 15.9 Å². The number of nitro benzene ring substituents is 1. The highest BCUT2D eigenvalue weighted by Gasteiger charge is 2.14. The minimum Gasteiger partial charge on any atom is -0.382 e. The Labute approximate surface area is 132 Å². The van der Waals surface area contributed by atoms with Crippen LogP contribution in [0.2, 0.25) is 0 Å². The van der Waals surface area contributed by atoms with Crippen LogP contribution in [0.3, 0.4) is 0 Å². The van der Waals surface area contributed by atoms with Gasteiger partial charge in [0.15, 0.2) is 0 Å². The third-order valence-electron chi connectivity index (χ3n) is 3.36. The fourth-order valence-corrected chi connectivity index (χ4v) is 2.53. The average molecular weight is 349 g/mol. The van der Waals surface area contributed by atoms with Crippen molar-refractivity contribution in [1.82, 2.24) is 0 Å². The number of halogens is 1. The van der Waals surface area contributed by atoms with Crippen molar-refractivity contribution in [3.05, 3.63) is 68.2 Å². The summed E-state index contributed by atoms with van der Waals surface area (Å²) in [5, 5.41) is 14.3. The molecule has 0 saturated carbocycles. The van der Waals surface area contributed by atoms with Crippen LogP contribution in [0.4, 0.5) is 11.4 Å². The summed E-state index contributed by atoms with van der Waals surface area (Å²) in [4.78, 5) is 10.6. The van der Waals surface area contributed by atoms with E-state index in [-0.39, 0.29) is 16.7 Å². The fourth-order valence-electron chi connectivity index (χ4n) is 2.27. The highest BCUT2D eigenvalue weighted by molar-refractivity contribution is 9.10. The molecule has 0 aliphatic rings. The summed E-state index contributed by atoms with van der Waals surface area (Å²) in [6, 6.07) is 13.5. The predicted molar refractivity (Wildman–Crippen MR) is 88.8 cm³/mol. The van der Waals surface area contributed by atoms with Gasteiger partial charge in [0.1, 0.15) is 0 Å². The van der Waals surface area contributed by atoms with Gasteiger partial charge in [-0.3, -0.25) is 10.1 Å². The Bertz CT molecular complexity index is 641. The van der Waals surface area contributed by atoms with E-state index < -0.39 is 0 Å². The van der Waals surface area contributed by atoms with E-state index in [1.54, 1.807) is 13.0 Å². The molecule has 0 fully saturated rings. The van der Waals surface area contributed by atoms with Gasteiger partial charge in [0, 0.05) is 27.8 Å². The summed E-state index contributed by atoms with van der Waals surface area (Å²) in [6.07, 6.45) is 0.857. The number of nitrogens with one attached hydrogen (secondary N) is 1. The molecular weight excluding hydrogens is 332 g/mol. The third kappa shape index (κ3) is 4.04. The first-order chi connectivity index (χ1) is 9.97. The fraction of sp³-hybridized carbons (Fsp3) is 0.250. The van der Waals surface area contributed by atoms with Gasteiger partial charge in [-0.25, -0.2) is 0 Å². The van der Waals surface area contributed by atoms with Crippen LogP contribution in [0.15, 0.2) is 46.9 Å². The lowest BCUT2D eigenvalue weighted by Crippen LogP contribution is -2.18. The second-order valence-electron chi connectivity index (χ2n) is 5.08. The first kappa shape index (κ1) is 15.5. The van der Waals surface area contributed by atoms with Crippen LogP contribution in [0, 0.1) is 17.0 Å². The molecule has 1 atom stereocenters. The quantitative estimate of drug-likeness (QED) is 0.628. The number of anilines is 1. The Balaban J connectivity index is 2.09. The summed E-state index contributed by atoms with van der Waals surface area (Å²) in [6.45, 7) is 3.84. The molecule has 0 heterocycles. The zero-order valence-electron chi connectivity index (χ0n) is 12.0. The van der Waals surface area contributed by atoms with E-state index in [0.717, 1.165) is 16.6 Å². The van der Waals surface area contributed by atoms with Crippen LogP contribution < -0.4 is 5.32 Å². The standard InChI is InChI=1S/C16H17BrN2O2/c1-11(10-13-6-8-14(17)9-7-13)18-15-4-3-5-16(12(15)2)19(20)21/h3-9,11,18H,10H2,1-2H3. The van der Waals surface area contributed by atoms with Crippen molar-refractivity contribution >= 4 is 27.3 Å². The maximum Gasteiger partial charge on any atom is 0.274 e. The van der Waals surface area contributed by atoms with E-state index in [2.05, 4.69) is 40.3 Å². The number of hydrogen-bond acceptors (Lipinski definition) is 3. The van der Waals surface area contributed by atoms with Gasteiger partial charge in [-0.2, -0.15) is 0 Å². The maximum absolute atomic E-state index is 11.0. The molecule has 0 saturated heterocycles. The lowest BCUT2D eigenvalue weighted by Gasteiger charge is -2.17. The van der Waals surface area contributed by atoms with Crippen LogP contribution in [-0.4, -0.2) is 11.0 Å². The number of nitro groups is 1. The van der Waals surface area contributed by atoms with Crippen molar-refractivity contribution in [3.8, 4) is 0 Å². The topological polar surface area (TPSA) is 55.2 Å². The number of hydrogen-bond donors (Lipinski definition) is 1. The van der Waals surface area contributed by atoms with E-state index in [1.165, 1.54) is 11.6 Å². The van der Waals surface area contributed by atoms with Crippen molar-refractivity contribution < 1.29 is 4.92 Å². The van der Waals surface area contributed by atoms with Crippen LogP contribution in [0.5, 0.6) is 0 Å². The number of benzene rings is 2. The molecule has 110 valence electrons. The second-order valence-corrected chi connectivity index (χ2v) is 6.00. The molecule has 1 N–H and O–H groups in total. The summed E-state index contributed by atoms with van der Waals surface area (Å²) in [7, 11) is 0. The highest BCUT2D eigenvalue weighted by Crippen LogP contribution is 2.26. The van der Waals surface area contributed by atoms with Gasteiger partial charge in [0.05, 0.1) is 4.92 Å². The minimum atomic E-state index is -0.347. The van der Waals surface area contributed by atoms with E-state index in [4.69, 9.17) is 0 Å². The van der Waals surface area contributed by atoms with E-state index in [0.29, 0.717) is 5.56 Å². The maximum atomic E-state index is 11.0. The summed E-state index contributed by atoms with van der Waals surface area (Å²) < 4.78 is 1.06. The van der Waals surface area contributed by atoms with E-state index >= 15 is 0 Å². The van der Waals surface area contributed by atoms with Crippen LogP contribution in [-0.2, 0) is 6.42 Å². The molecule has 0 aliphatic heterocycles. The predicted octanol–water partition coefficient (Wildman–Crippen LogP) is 4.71. The summed E-state index contributed by atoms with van der Waals surface area (Å²) in [5.74, 6) is 0. The summed E-state index contributed by atoms with van der Waals surface area (Å²) in [5.41, 5.74) is 2.86. The smallest absolute Gasteiger partial charge is 0.274 e. The molecule has 2 aromatic rings. The SMILES string of the molecule is Cc1c(NC(C)Cc2ccc(Br)cc2)cccc1[N+](=O)[O-]. The zero-order valence-corrected chi connectivity index (χ0v) is 13.6. The van der Waals surface area contributed by atoms with Crippen molar-refractivity contribution in [1.29, 1.82) is 0 Å². The van der Waals surface area contributed by atoms with Crippen molar-refractivity contribution in [3.63, 3.8) is 0 Å². The molecule has 0 bridgehead atoms. The Hall–Kier alpha value is -1.88. The monoisotopic (exact) mass is 348 g/mol. The molecule has 1 unspecified atom stereocenters. The lowest BCUT2D eigenvalue weighted by molar-refractivity contribution is -0.385. The molecule has 0 amide bonds. The summed E-state index contributed by atoms with van der Waals surface area (Å²) >= 11 is 3.42. The highest BCUT2D eigenvalue weighted by atomic mass is 79.9. The first-order valence-corrected chi connectivity index (χ1v) is 7.51. The Morgan fingerprint density at radius 1 is 1.24 bits per heavy atom. The molecule has 21 heavy (non-hydrogen) atoms. The Morgan fingerprint density at radius 2 is 1.90 bits per heavy atom. The van der Waals surface area contributed by atoms with Crippen LogP contribution in [0.25, 0.3) is 0 Å². The third-order valence-corrected chi connectivity index (χ3v) is 3.89. The van der Waals surface area contributed by atoms with Crippen molar-refractivity contribution in [2.45, 2.75) is 26.3 Å². The zero-order chi connectivity index (χ0) is 15.4. The number of rotatable bonds is 5. The van der Waals surface area contributed by atoms with Gasteiger partial charge in [-0.05, 0) is 44.0 Å². The molecule has 5 heteroatoms. The van der Waals surface area contributed by atoms with E-state index in [1.807, 2.05) is 18.2 Å². The molecular formula is C16H17BrN2O2. The van der Waals surface area contributed by atoms with Gasteiger partial charge < -0.3 is 5.32 Å². The minimum absolute atomic E-state index is 0.149. The Kier molecular flexibility index (Phi) is 4.96.